The first-order valence-corrected chi connectivity index (χ1v) is 7.53. The van der Waals surface area contributed by atoms with Gasteiger partial charge in [-0.3, -0.25) is 0 Å². The van der Waals surface area contributed by atoms with Gasteiger partial charge in [0.2, 0.25) is 0 Å². The number of hydrogen-bond donors (Lipinski definition) is 0. The molecule has 0 heterocycles. The molecule has 0 bridgehead atoms. The average Bonchev–Trinajstić information content (AvgIpc) is 2.38. The molecule has 0 saturated heterocycles. The van der Waals surface area contributed by atoms with Gasteiger partial charge in [0, 0.05) is 4.57 Å². The smallest absolute Gasteiger partial charge is 0.222 e. The largest absolute Gasteiger partial charge is 0.805 e. The van der Waals surface area contributed by atoms with Gasteiger partial charge in [0.05, 0.1) is 0 Å². The number of hydrogen-bond acceptors (Lipinski definition) is 3. The van der Waals surface area contributed by atoms with Crippen LogP contribution in [0.25, 0.3) is 0 Å². The predicted molar refractivity (Wildman–Crippen MR) is 80.7 cm³/mol. The Morgan fingerprint density at radius 1 is 0.750 bits per heavy atom. The van der Waals surface area contributed by atoms with Gasteiger partial charge in [-0.15, -0.1) is 0 Å². The van der Waals surface area contributed by atoms with Crippen molar-refractivity contribution in [3.8, 4) is 11.5 Å². The highest BCUT2D eigenvalue weighted by atomic mass is 31.1. The van der Waals surface area contributed by atoms with E-state index in [1.54, 1.807) is 0 Å². The molecule has 0 aliphatic carbocycles. The van der Waals surface area contributed by atoms with Crippen molar-refractivity contribution in [1.82, 2.24) is 0 Å². The highest BCUT2D eigenvalue weighted by Crippen LogP contribution is 2.34. The number of benzene rings is 2. The van der Waals surface area contributed by atoms with Crippen LogP contribution in [0.15, 0.2) is 36.4 Å². The molecule has 0 amide bonds. The van der Waals surface area contributed by atoms with Crippen molar-refractivity contribution < 1.29 is 13.6 Å². The third kappa shape index (κ3) is 3.58. The van der Waals surface area contributed by atoms with Gasteiger partial charge in [-0.2, -0.15) is 0 Å². The van der Waals surface area contributed by atoms with E-state index < -0.39 is 8.25 Å². The summed E-state index contributed by atoms with van der Waals surface area (Å²) in [6.45, 7) is 7.75. The molecular formula is C16H18O3P+. The molecule has 2 aromatic rings. The van der Waals surface area contributed by atoms with Gasteiger partial charge >= 0.3 is 8.25 Å². The van der Waals surface area contributed by atoms with Gasteiger partial charge in [-0.25, -0.2) is 9.05 Å². The fourth-order valence-corrected chi connectivity index (χ4v) is 2.54. The van der Waals surface area contributed by atoms with Crippen LogP contribution >= 0.6 is 8.25 Å². The molecule has 0 aromatic heterocycles. The molecular weight excluding hydrogens is 271 g/mol. The minimum Gasteiger partial charge on any atom is -0.222 e. The molecule has 0 saturated carbocycles. The van der Waals surface area contributed by atoms with Gasteiger partial charge in [0.15, 0.2) is 11.5 Å². The Labute approximate surface area is 120 Å². The van der Waals surface area contributed by atoms with E-state index in [1.807, 2.05) is 64.1 Å². The second-order valence-corrected chi connectivity index (χ2v) is 5.76. The summed E-state index contributed by atoms with van der Waals surface area (Å²) in [5.74, 6) is 1.19. The summed E-state index contributed by atoms with van der Waals surface area (Å²) < 4.78 is 22.8. The van der Waals surface area contributed by atoms with Crippen molar-refractivity contribution in [3.63, 3.8) is 0 Å². The Morgan fingerprint density at radius 3 is 1.55 bits per heavy atom. The third-order valence-electron chi connectivity index (χ3n) is 3.03. The van der Waals surface area contributed by atoms with Crippen LogP contribution in [0, 0.1) is 27.7 Å². The Morgan fingerprint density at radius 2 is 1.15 bits per heavy atom. The van der Waals surface area contributed by atoms with Gasteiger partial charge in [-0.05, 0) is 62.1 Å². The zero-order chi connectivity index (χ0) is 14.7. The van der Waals surface area contributed by atoms with E-state index >= 15 is 0 Å². The molecule has 20 heavy (non-hydrogen) atoms. The van der Waals surface area contributed by atoms with Crippen LogP contribution in [0.1, 0.15) is 22.3 Å². The summed E-state index contributed by atoms with van der Waals surface area (Å²) in [4.78, 5) is 0. The van der Waals surface area contributed by atoms with Crippen molar-refractivity contribution in [3.05, 3.63) is 58.7 Å². The van der Waals surface area contributed by atoms with Crippen molar-refractivity contribution >= 4 is 8.25 Å². The van der Waals surface area contributed by atoms with E-state index in [2.05, 4.69) is 0 Å². The second kappa shape index (κ2) is 6.06. The number of rotatable bonds is 4. The van der Waals surface area contributed by atoms with Gasteiger partial charge in [0.1, 0.15) is 0 Å². The summed E-state index contributed by atoms with van der Waals surface area (Å²) in [5, 5.41) is 0. The summed E-state index contributed by atoms with van der Waals surface area (Å²) in [5.41, 5.74) is 3.98. The highest BCUT2D eigenvalue weighted by molar-refractivity contribution is 7.34. The topological polar surface area (TPSA) is 35.5 Å². The highest BCUT2D eigenvalue weighted by Gasteiger charge is 2.26. The van der Waals surface area contributed by atoms with Crippen molar-refractivity contribution in [2.45, 2.75) is 27.7 Å². The standard InChI is InChI=1S/C16H18O3P/c1-11-5-7-13(3)15(9-11)18-20(17)19-16-10-12(2)6-8-14(16)4/h5-10H,1-4H3/q+1. The quantitative estimate of drug-likeness (QED) is 0.740. The first-order valence-electron chi connectivity index (χ1n) is 6.43. The molecule has 0 aliphatic heterocycles. The summed E-state index contributed by atoms with van der Waals surface area (Å²) in [7, 11) is -2.24. The Bertz CT molecular complexity index is 595. The predicted octanol–water partition coefficient (Wildman–Crippen LogP) is 5.04. The van der Waals surface area contributed by atoms with Crippen LogP contribution in [0.3, 0.4) is 0 Å². The fourth-order valence-electron chi connectivity index (χ4n) is 1.79. The maximum Gasteiger partial charge on any atom is 0.805 e. The fraction of sp³-hybridized carbons (Fsp3) is 0.250. The van der Waals surface area contributed by atoms with Crippen molar-refractivity contribution in [1.29, 1.82) is 0 Å². The number of aryl methyl sites for hydroxylation is 4. The van der Waals surface area contributed by atoms with Crippen LogP contribution in [0.2, 0.25) is 0 Å². The van der Waals surface area contributed by atoms with Gasteiger partial charge in [0.25, 0.3) is 0 Å². The molecule has 0 spiro atoms. The van der Waals surface area contributed by atoms with E-state index in [1.165, 1.54) is 0 Å². The lowest BCUT2D eigenvalue weighted by Crippen LogP contribution is -1.93. The van der Waals surface area contributed by atoms with Crippen LogP contribution in [0.4, 0.5) is 0 Å². The van der Waals surface area contributed by atoms with Crippen LogP contribution in [-0.4, -0.2) is 0 Å². The molecule has 0 atom stereocenters. The molecule has 2 aromatic carbocycles. The zero-order valence-corrected chi connectivity index (χ0v) is 13.0. The molecule has 0 aliphatic rings. The maximum atomic E-state index is 12.0. The molecule has 0 N–H and O–H groups in total. The van der Waals surface area contributed by atoms with Crippen molar-refractivity contribution in [2.75, 3.05) is 0 Å². The Balaban J connectivity index is 2.13. The molecule has 3 nitrogen and oxygen atoms in total. The lowest BCUT2D eigenvalue weighted by Gasteiger charge is -2.02. The van der Waals surface area contributed by atoms with E-state index in [4.69, 9.17) is 9.05 Å². The van der Waals surface area contributed by atoms with Crippen molar-refractivity contribution in [2.24, 2.45) is 0 Å². The lowest BCUT2D eigenvalue weighted by molar-refractivity contribution is 0.413. The Kier molecular flexibility index (Phi) is 4.41. The molecule has 0 fully saturated rings. The van der Waals surface area contributed by atoms with E-state index in [9.17, 15) is 4.57 Å². The van der Waals surface area contributed by atoms with Gasteiger partial charge in [-0.1, -0.05) is 24.3 Å². The maximum absolute atomic E-state index is 12.0. The lowest BCUT2D eigenvalue weighted by atomic mass is 10.1. The minimum atomic E-state index is -2.24. The van der Waals surface area contributed by atoms with E-state index in [0.717, 1.165) is 22.3 Å². The van der Waals surface area contributed by atoms with Gasteiger partial charge < -0.3 is 0 Å². The molecule has 104 valence electrons. The second-order valence-electron chi connectivity index (χ2n) is 4.94. The summed E-state index contributed by atoms with van der Waals surface area (Å²) >= 11 is 0. The molecule has 2 rings (SSSR count). The van der Waals surface area contributed by atoms with E-state index in [0.29, 0.717) is 11.5 Å². The SMILES string of the molecule is Cc1ccc(C)c(O[P+](=O)Oc2cc(C)ccc2C)c1. The molecule has 4 heteroatoms. The Hall–Kier alpha value is -1.86. The van der Waals surface area contributed by atoms with Crippen LogP contribution < -0.4 is 9.05 Å². The first-order chi connectivity index (χ1) is 9.45. The summed E-state index contributed by atoms with van der Waals surface area (Å²) in [6, 6.07) is 11.6. The van der Waals surface area contributed by atoms with Crippen LogP contribution in [0.5, 0.6) is 11.5 Å². The average molecular weight is 289 g/mol. The minimum absolute atomic E-state index is 0.594. The summed E-state index contributed by atoms with van der Waals surface area (Å²) in [6.07, 6.45) is 0. The third-order valence-corrected chi connectivity index (χ3v) is 3.72. The normalized spacial score (nSPS) is 10.2. The van der Waals surface area contributed by atoms with Crippen LogP contribution in [-0.2, 0) is 4.57 Å². The molecule has 0 unspecified atom stereocenters. The monoisotopic (exact) mass is 289 g/mol. The van der Waals surface area contributed by atoms with E-state index in [-0.39, 0.29) is 0 Å². The molecule has 0 radical (unpaired) electrons. The first kappa shape index (κ1) is 14.5. The zero-order valence-electron chi connectivity index (χ0n) is 12.1.